The van der Waals surface area contributed by atoms with Crippen LogP contribution in [-0.2, 0) is 14.8 Å². The number of sulfonamides is 1. The Labute approximate surface area is 173 Å². The summed E-state index contributed by atoms with van der Waals surface area (Å²) in [4.78, 5) is 12.0. The normalized spacial score (nSPS) is 14.9. The highest BCUT2D eigenvalue weighted by molar-refractivity contribution is 7.89. The first-order chi connectivity index (χ1) is 12.5. The molecule has 0 rings (SSSR count). The van der Waals surface area contributed by atoms with Crippen LogP contribution in [0, 0.1) is 5.41 Å². The van der Waals surface area contributed by atoms with Crippen molar-refractivity contribution in [1.29, 1.82) is 0 Å². The van der Waals surface area contributed by atoms with Crippen LogP contribution in [0.1, 0.15) is 111 Å². The van der Waals surface area contributed by atoms with E-state index >= 15 is 0 Å². The van der Waals surface area contributed by atoms with E-state index in [1.807, 2.05) is 20.8 Å². The van der Waals surface area contributed by atoms with Crippen molar-refractivity contribution in [3.05, 3.63) is 0 Å². The number of ketones is 1. The Balaban J connectivity index is 4.11. The Kier molecular flexibility index (Phi) is 13.9. The molecular weight excluding hydrogens is 382 g/mol. The Bertz CT molecular complexity index is 500. The highest BCUT2D eigenvalue weighted by Crippen LogP contribution is 2.24. The van der Waals surface area contributed by atoms with Crippen LogP contribution in [-0.4, -0.2) is 24.8 Å². The van der Waals surface area contributed by atoms with Gasteiger partial charge in [0, 0.05) is 17.2 Å². The molecule has 6 heteroatoms. The lowest BCUT2D eigenvalue weighted by molar-refractivity contribution is -0.126. The summed E-state index contributed by atoms with van der Waals surface area (Å²) in [6.45, 7) is 7.83. The van der Waals surface area contributed by atoms with Crippen LogP contribution in [0.2, 0.25) is 0 Å². The van der Waals surface area contributed by atoms with Crippen molar-refractivity contribution in [1.82, 2.24) is 0 Å². The Morgan fingerprint density at radius 3 is 1.81 bits per heavy atom. The predicted octanol–water partition coefficient (Wildman–Crippen LogP) is 5.96. The molecule has 0 aliphatic carbocycles. The molecular formula is C21H42ClNO3S. The van der Waals surface area contributed by atoms with Gasteiger partial charge in [0.15, 0.2) is 0 Å². The van der Waals surface area contributed by atoms with E-state index in [0.29, 0.717) is 19.3 Å². The first-order valence-corrected chi connectivity index (χ1v) is 12.7. The average molecular weight is 424 g/mol. The Morgan fingerprint density at radius 1 is 0.889 bits per heavy atom. The zero-order valence-electron chi connectivity index (χ0n) is 17.9. The highest BCUT2D eigenvalue weighted by atomic mass is 35.5. The predicted molar refractivity (Wildman–Crippen MR) is 117 cm³/mol. The number of unbranched alkanes of at least 4 members (excludes halogenated alkanes) is 8. The van der Waals surface area contributed by atoms with Crippen LogP contribution >= 0.6 is 11.6 Å². The van der Waals surface area contributed by atoms with E-state index in [4.69, 9.17) is 16.7 Å². The third-order valence-electron chi connectivity index (χ3n) is 5.14. The van der Waals surface area contributed by atoms with Crippen molar-refractivity contribution in [2.75, 3.05) is 0 Å². The number of hydrogen-bond donors (Lipinski definition) is 1. The molecule has 0 fully saturated rings. The molecule has 0 aromatic heterocycles. The van der Waals surface area contributed by atoms with Gasteiger partial charge in [0.25, 0.3) is 0 Å². The molecule has 162 valence electrons. The largest absolute Gasteiger partial charge is 0.299 e. The van der Waals surface area contributed by atoms with Gasteiger partial charge in [0.1, 0.15) is 5.78 Å². The van der Waals surface area contributed by atoms with Gasteiger partial charge >= 0.3 is 0 Å². The number of hydrogen-bond acceptors (Lipinski definition) is 3. The topological polar surface area (TPSA) is 77.2 Å². The van der Waals surface area contributed by atoms with Gasteiger partial charge in [-0.2, -0.15) is 0 Å². The lowest BCUT2D eigenvalue weighted by atomic mass is 9.87. The molecule has 0 bridgehead atoms. The third-order valence-corrected chi connectivity index (χ3v) is 6.91. The van der Waals surface area contributed by atoms with Crippen molar-refractivity contribution in [3.63, 3.8) is 0 Å². The standard InChI is InChI=1S/C21H42ClNO3S/c1-5-6-7-8-9-10-11-12-13-14-19(27(23,25)26)16-15-18(22)17-20(24)21(2,3)4/h18-19H,5-17H2,1-4H3,(H2,23,25,26). The van der Waals surface area contributed by atoms with Gasteiger partial charge in [-0.1, -0.05) is 85.5 Å². The second-order valence-corrected chi connectivity index (χ2v) is 11.3. The summed E-state index contributed by atoms with van der Waals surface area (Å²) in [6.07, 6.45) is 12.6. The first kappa shape index (κ1) is 26.9. The summed E-state index contributed by atoms with van der Waals surface area (Å²) < 4.78 is 23.7. The number of nitrogens with two attached hydrogens (primary N) is 1. The van der Waals surface area contributed by atoms with E-state index in [1.54, 1.807) is 0 Å². The number of Topliss-reactive ketones (excluding diaryl/α,β-unsaturated/α-hetero) is 1. The number of alkyl halides is 1. The zero-order valence-corrected chi connectivity index (χ0v) is 19.5. The average Bonchev–Trinajstić information content (AvgIpc) is 2.53. The number of carbonyl (C=O) groups is 1. The SMILES string of the molecule is CCCCCCCCCCCC(CCC(Cl)CC(=O)C(C)(C)C)S(N)(=O)=O. The molecule has 0 aromatic rings. The molecule has 2 N–H and O–H groups in total. The first-order valence-electron chi connectivity index (χ1n) is 10.7. The third kappa shape index (κ3) is 14.5. The summed E-state index contributed by atoms with van der Waals surface area (Å²) in [5, 5.41) is 4.53. The summed E-state index contributed by atoms with van der Waals surface area (Å²) in [6, 6.07) is 0. The van der Waals surface area contributed by atoms with Crippen molar-refractivity contribution >= 4 is 27.4 Å². The maximum Gasteiger partial charge on any atom is 0.211 e. The van der Waals surface area contributed by atoms with Gasteiger partial charge in [-0.3, -0.25) is 4.79 Å². The molecule has 0 aliphatic heterocycles. The van der Waals surface area contributed by atoms with E-state index in [2.05, 4.69) is 6.92 Å². The van der Waals surface area contributed by atoms with Gasteiger partial charge < -0.3 is 0 Å². The summed E-state index contributed by atoms with van der Waals surface area (Å²) >= 11 is 6.27. The molecule has 0 radical (unpaired) electrons. The second-order valence-electron chi connectivity index (χ2n) is 8.88. The molecule has 0 saturated carbocycles. The van der Waals surface area contributed by atoms with Crippen LogP contribution in [0.25, 0.3) is 0 Å². The molecule has 0 saturated heterocycles. The van der Waals surface area contributed by atoms with Gasteiger partial charge in [0.2, 0.25) is 10.0 Å². The van der Waals surface area contributed by atoms with Crippen LogP contribution in [0.4, 0.5) is 0 Å². The number of primary sulfonamides is 1. The van der Waals surface area contributed by atoms with Crippen LogP contribution in [0.3, 0.4) is 0 Å². The minimum absolute atomic E-state index is 0.105. The maximum absolute atomic E-state index is 12.0. The van der Waals surface area contributed by atoms with Gasteiger partial charge in [-0.05, 0) is 19.3 Å². The zero-order chi connectivity index (χ0) is 20.9. The quantitative estimate of drug-likeness (QED) is 0.246. The van der Waals surface area contributed by atoms with E-state index in [1.165, 1.54) is 38.5 Å². The monoisotopic (exact) mass is 423 g/mol. The summed E-state index contributed by atoms with van der Waals surface area (Å²) in [7, 11) is -3.57. The maximum atomic E-state index is 12.0. The molecule has 27 heavy (non-hydrogen) atoms. The highest BCUT2D eigenvalue weighted by Gasteiger charge is 2.26. The molecule has 2 unspecified atom stereocenters. The van der Waals surface area contributed by atoms with Crippen LogP contribution < -0.4 is 5.14 Å². The minimum atomic E-state index is -3.57. The molecule has 0 heterocycles. The van der Waals surface area contributed by atoms with Crippen molar-refractivity contribution in [2.45, 2.75) is 122 Å². The minimum Gasteiger partial charge on any atom is -0.299 e. The van der Waals surface area contributed by atoms with E-state index in [9.17, 15) is 13.2 Å². The van der Waals surface area contributed by atoms with E-state index in [-0.39, 0.29) is 17.6 Å². The fraction of sp³-hybridized carbons (Fsp3) is 0.952. The second kappa shape index (κ2) is 13.9. The molecule has 0 aromatic carbocycles. The van der Waals surface area contributed by atoms with Crippen LogP contribution in [0.5, 0.6) is 0 Å². The van der Waals surface area contributed by atoms with Gasteiger partial charge in [-0.15, -0.1) is 11.6 Å². The molecule has 0 spiro atoms. The Hall–Kier alpha value is -0.130. The molecule has 4 nitrogen and oxygen atoms in total. The summed E-state index contributed by atoms with van der Waals surface area (Å²) in [5.74, 6) is 0.105. The molecule has 2 atom stereocenters. The van der Waals surface area contributed by atoms with Gasteiger partial charge in [0.05, 0.1) is 5.25 Å². The fourth-order valence-electron chi connectivity index (χ4n) is 3.13. The fourth-order valence-corrected chi connectivity index (χ4v) is 4.36. The van der Waals surface area contributed by atoms with Crippen molar-refractivity contribution in [3.8, 4) is 0 Å². The smallest absolute Gasteiger partial charge is 0.211 e. The number of halogens is 1. The molecule has 0 aliphatic rings. The van der Waals surface area contributed by atoms with Crippen molar-refractivity contribution < 1.29 is 13.2 Å². The number of rotatable bonds is 16. The van der Waals surface area contributed by atoms with Crippen molar-refractivity contribution in [2.24, 2.45) is 10.6 Å². The number of carbonyl (C=O) groups excluding carboxylic acids is 1. The lowest BCUT2D eigenvalue weighted by Crippen LogP contribution is -2.30. The molecule has 0 amide bonds. The summed E-state index contributed by atoms with van der Waals surface area (Å²) in [5.41, 5.74) is -0.414. The van der Waals surface area contributed by atoms with Crippen LogP contribution in [0.15, 0.2) is 0 Å². The van der Waals surface area contributed by atoms with E-state index < -0.39 is 20.7 Å². The lowest BCUT2D eigenvalue weighted by Gasteiger charge is -2.20. The van der Waals surface area contributed by atoms with E-state index in [0.717, 1.165) is 19.3 Å². The van der Waals surface area contributed by atoms with Gasteiger partial charge in [-0.25, -0.2) is 13.6 Å². The Morgan fingerprint density at radius 2 is 1.37 bits per heavy atom.